The van der Waals surface area contributed by atoms with Gasteiger partial charge < -0.3 is 15.6 Å². The number of carbonyl (C=O) groups excluding carboxylic acids is 2. The molecule has 0 amide bonds. The maximum atomic E-state index is 11.3. The minimum absolute atomic E-state index is 0.0760. The number of ketones is 1. The average Bonchev–Trinajstić information content (AvgIpc) is 2.10. The molecule has 6 nitrogen and oxygen atoms in total. The number of hydrogen-bond acceptors (Lipinski definition) is 5. The highest BCUT2D eigenvalue weighted by Crippen LogP contribution is 2.08. The number of hydrogen-bond donors (Lipinski definition) is 2. The van der Waals surface area contributed by atoms with Crippen LogP contribution < -0.4 is 5.73 Å². The fourth-order valence-electron chi connectivity index (χ4n) is 0.890. The molecular weight excluding hydrogens is 214 g/mol. The van der Waals surface area contributed by atoms with Gasteiger partial charge in [-0.15, -0.1) is 0 Å². The summed E-state index contributed by atoms with van der Waals surface area (Å²) in [4.78, 5) is 32.8. The van der Waals surface area contributed by atoms with Crippen molar-refractivity contribution in [2.24, 2.45) is 5.73 Å². The summed E-state index contributed by atoms with van der Waals surface area (Å²) in [7, 11) is 0. The summed E-state index contributed by atoms with van der Waals surface area (Å²) >= 11 is 0. The lowest BCUT2D eigenvalue weighted by Crippen LogP contribution is -2.40. The first-order valence-electron chi connectivity index (χ1n) is 4.88. The molecule has 0 aliphatic carbocycles. The first-order valence-corrected chi connectivity index (χ1v) is 4.88. The summed E-state index contributed by atoms with van der Waals surface area (Å²) in [5.74, 6) is -2.98. The van der Waals surface area contributed by atoms with Gasteiger partial charge >= 0.3 is 11.9 Å². The Labute approximate surface area is 93.8 Å². The molecule has 0 radical (unpaired) electrons. The van der Waals surface area contributed by atoms with Crippen LogP contribution in [0.25, 0.3) is 0 Å². The summed E-state index contributed by atoms with van der Waals surface area (Å²) in [5, 5.41) is 8.39. The number of carboxylic acids is 1. The molecule has 6 heteroatoms. The molecule has 0 aliphatic rings. The summed E-state index contributed by atoms with van der Waals surface area (Å²) in [6.45, 7) is 4.88. The average molecular weight is 231 g/mol. The van der Waals surface area contributed by atoms with Crippen molar-refractivity contribution >= 4 is 17.7 Å². The van der Waals surface area contributed by atoms with Gasteiger partial charge in [0, 0.05) is 6.42 Å². The lowest BCUT2D eigenvalue weighted by Gasteiger charge is -2.19. The number of ether oxygens (including phenoxy) is 1. The van der Waals surface area contributed by atoms with Crippen molar-refractivity contribution in [3.63, 3.8) is 0 Å². The zero-order chi connectivity index (χ0) is 12.9. The topological polar surface area (TPSA) is 107 Å². The molecule has 92 valence electrons. The number of nitrogens with two attached hydrogens (primary N) is 1. The third-order valence-corrected chi connectivity index (χ3v) is 1.61. The van der Waals surface area contributed by atoms with E-state index in [4.69, 9.17) is 15.6 Å². The normalized spacial score (nSPS) is 13.0. The van der Waals surface area contributed by atoms with Crippen molar-refractivity contribution in [3.8, 4) is 0 Å². The van der Waals surface area contributed by atoms with Gasteiger partial charge in [0.1, 0.15) is 5.60 Å². The van der Waals surface area contributed by atoms with E-state index in [0.29, 0.717) is 0 Å². The lowest BCUT2D eigenvalue weighted by molar-refractivity contribution is -0.163. The first kappa shape index (κ1) is 14.6. The molecule has 0 fully saturated rings. The minimum atomic E-state index is -1.12. The molecular formula is C10H17NO5. The number of rotatable bonds is 5. The van der Waals surface area contributed by atoms with Crippen LogP contribution in [0.1, 0.15) is 33.6 Å². The van der Waals surface area contributed by atoms with Crippen molar-refractivity contribution < 1.29 is 24.2 Å². The minimum Gasteiger partial charge on any atom is -0.481 e. The van der Waals surface area contributed by atoms with Crippen LogP contribution in [0.2, 0.25) is 0 Å². The molecule has 0 saturated carbocycles. The van der Waals surface area contributed by atoms with Gasteiger partial charge in [0.25, 0.3) is 5.78 Å². The maximum absolute atomic E-state index is 11.3. The van der Waals surface area contributed by atoms with Crippen LogP contribution in [0.5, 0.6) is 0 Å². The van der Waals surface area contributed by atoms with Crippen molar-refractivity contribution in [2.45, 2.75) is 45.3 Å². The van der Waals surface area contributed by atoms with Crippen LogP contribution in [0, 0.1) is 0 Å². The standard InChI is InChI=1S/C10H17NO5/c1-10(2,3)16-9(15)8(14)6(11)4-5-7(12)13/h6H,4-5,11H2,1-3H3,(H,12,13)/t6-/m0/s1. The smallest absolute Gasteiger partial charge is 0.376 e. The van der Waals surface area contributed by atoms with Crippen LogP contribution in [0.15, 0.2) is 0 Å². The molecule has 0 aromatic rings. The SMILES string of the molecule is CC(C)(C)OC(=O)C(=O)[C@@H](N)CCC(=O)O. The fourth-order valence-corrected chi connectivity index (χ4v) is 0.890. The fraction of sp³-hybridized carbons (Fsp3) is 0.700. The highest BCUT2D eigenvalue weighted by atomic mass is 16.6. The first-order chi connectivity index (χ1) is 7.13. The van der Waals surface area contributed by atoms with E-state index < -0.39 is 29.4 Å². The van der Waals surface area contributed by atoms with E-state index >= 15 is 0 Å². The molecule has 0 aromatic heterocycles. The number of aliphatic carboxylic acids is 1. The molecule has 0 aliphatic heterocycles. The van der Waals surface area contributed by atoms with Crippen molar-refractivity contribution in [2.75, 3.05) is 0 Å². The van der Waals surface area contributed by atoms with Gasteiger partial charge in [-0.2, -0.15) is 0 Å². The third-order valence-electron chi connectivity index (χ3n) is 1.61. The lowest BCUT2D eigenvalue weighted by atomic mass is 10.1. The van der Waals surface area contributed by atoms with Gasteiger partial charge in [-0.25, -0.2) is 4.79 Å². The van der Waals surface area contributed by atoms with Gasteiger partial charge in [-0.1, -0.05) is 0 Å². The zero-order valence-electron chi connectivity index (χ0n) is 9.65. The van der Waals surface area contributed by atoms with E-state index in [2.05, 4.69) is 0 Å². The van der Waals surface area contributed by atoms with Gasteiger partial charge in [0.2, 0.25) is 0 Å². The second kappa shape index (κ2) is 5.60. The Hall–Kier alpha value is -1.43. The molecule has 0 rings (SSSR count). The molecule has 0 aromatic carbocycles. The monoisotopic (exact) mass is 231 g/mol. The van der Waals surface area contributed by atoms with E-state index in [9.17, 15) is 14.4 Å². The molecule has 3 N–H and O–H groups in total. The van der Waals surface area contributed by atoms with Crippen molar-refractivity contribution in [3.05, 3.63) is 0 Å². The summed E-state index contributed by atoms with van der Waals surface area (Å²) in [6, 6.07) is -1.12. The summed E-state index contributed by atoms with van der Waals surface area (Å²) < 4.78 is 4.81. The number of carboxylic acid groups (broad SMARTS) is 1. The van der Waals surface area contributed by atoms with Crippen molar-refractivity contribution in [1.29, 1.82) is 0 Å². The molecule has 1 atom stereocenters. The predicted octanol–water partition coefficient (Wildman–Crippen LogP) is 0.0893. The van der Waals surface area contributed by atoms with Gasteiger partial charge in [0.05, 0.1) is 6.04 Å². The highest BCUT2D eigenvalue weighted by Gasteiger charge is 2.27. The molecule has 0 saturated heterocycles. The van der Waals surface area contributed by atoms with Crippen LogP contribution in [0.4, 0.5) is 0 Å². The Morgan fingerprint density at radius 3 is 2.19 bits per heavy atom. The molecule has 0 spiro atoms. The number of Topliss-reactive ketones (excluding diaryl/α,β-unsaturated/α-hetero) is 1. The number of esters is 1. The van der Waals surface area contributed by atoms with E-state index in [1.807, 2.05) is 0 Å². The Bertz CT molecular complexity index is 292. The van der Waals surface area contributed by atoms with Crippen LogP contribution >= 0.6 is 0 Å². The molecule has 0 heterocycles. The van der Waals surface area contributed by atoms with E-state index in [1.165, 1.54) is 0 Å². The van der Waals surface area contributed by atoms with Gasteiger partial charge in [-0.3, -0.25) is 9.59 Å². The Balaban J connectivity index is 4.23. The maximum Gasteiger partial charge on any atom is 0.376 e. The van der Waals surface area contributed by atoms with Crippen LogP contribution in [-0.4, -0.2) is 34.5 Å². The molecule has 0 bridgehead atoms. The second-order valence-electron chi connectivity index (χ2n) is 4.41. The quantitative estimate of drug-likeness (QED) is 0.513. The third kappa shape index (κ3) is 6.13. The Morgan fingerprint density at radius 2 is 1.81 bits per heavy atom. The Kier molecular flexibility index (Phi) is 5.10. The zero-order valence-corrected chi connectivity index (χ0v) is 9.65. The second-order valence-corrected chi connectivity index (χ2v) is 4.41. The van der Waals surface area contributed by atoms with Crippen LogP contribution in [0.3, 0.4) is 0 Å². The molecule has 16 heavy (non-hydrogen) atoms. The summed E-state index contributed by atoms with van der Waals surface area (Å²) in [5.41, 5.74) is 4.61. The highest BCUT2D eigenvalue weighted by molar-refractivity contribution is 6.35. The predicted molar refractivity (Wildman–Crippen MR) is 55.7 cm³/mol. The van der Waals surface area contributed by atoms with E-state index in [0.717, 1.165) is 0 Å². The van der Waals surface area contributed by atoms with Gasteiger partial charge in [-0.05, 0) is 27.2 Å². The Morgan fingerprint density at radius 1 is 1.31 bits per heavy atom. The van der Waals surface area contributed by atoms with Gasteiger partial charge in [0.15, 0.2) is 0 Å². The van der Waals surface area contributed by atoms with E-state index in [1.54, 1.807) is 20.8 Å². The molecule has 0 unspecified atom stereocenters. The van der Waals surface area contributed by atoms with E-state index in [-0.39, 0.29) is 12.8 Å². The van der Waals surface area contributed by atoms with Crippen molar-refractivity contribution in [1.82, 2.24) is 0 Å². The number of carbonyl (C=O) groups is 3. The summed E-state index contributed by atoms with van der Waals surface area (Å²) in [6.07, 6.45) is -0.330. The van der Waals surface area contributed by atoms with Crippen LogP contribution in [-0.2, 0) is 19.1 Å². The largest absolute Gasteiger partial charge is 0.481 e.